The Labute approximate surface area is 147 Å². The molecule has 1 heterocycles. The van der Waals surface area contributed by atoms with Crippen LogP contribution in [0.3, 0.4) is 0 Å². The van der Waals surface area contributed by atoms with Gasteiger partial charge in [-0.1, -0.05) is 30.3 Å². The van der Waals surface area contributed by atoms with Gasteiger partial charge in [0.2, 0.25) is 0 Å². The lowest BCUT2D eigenvalue weighted by molar-refractivity contribution is -0.137. The lowest BCUT2D eigenvalue weighted by Gasteiger charge is -2.27. The monoisotopic (exact) mass is 362 g/mol. The molecule has 1 unspecified atom stereocenters. The Bertz CT molecular complexity index is 955. The summed E-state index contributed by atoms with van der Waals surface area (Å²) in [7, 11) is 3.11. The molecule has 3 rings (SSSR count). The number of hydrogen-bond donors (Lipinski definition) is 2. The second kappa shape index (κ2) is 6.89. The number of hydroxylamine groups is 2. The summed E-state index contributed by atoms with van der Waals surface area (Å²) in [6.45, 7) is 0. The van der Waals surface area contributed by atoms with Crippen molar-refractivity contribution in [2.24, 2.45) is 9.98 Å². The summed E-state index contributed by atoms with van der Waals surface area (Å²) in [6.07, 6.45) is -5.31. The van der Waals surface area contributed by atoms with Crippen LogP contribution in [0, 0.1) is 0 Å². The molecule has 8 heteroatoms. The first kappa shape index (κ1) is 18.1. The van der Waals surface area contributed by atoms with Crippen LogP contribution in [0.15, 0.2) is 58.5 Å². The van der Waals surface area contributed by atoms with Crippen molar-refractivity contribution in [1.82, 2.24) is 10.4 Å². The van der Waals surface area contributed by atoms with Gasteiger partial charge < -0.3 is 0 Å². The molecule has 0 saturated heterocycles. The van der Waals surface area contributed by atoms with E-state index in [1.807, 2.05) is 0 Å². The number of nitrogens with zero attached hydrogens (tertiary/aromatic N) is 3. The summed E-state index contributed by atoms with van der Waals surface area (Å²) in [4.78, 5) is 8.42. The van der Waals surface area contributed by atoms with Crippen LogP contribution in [0.4, 0.5) is 13.2 Å². The smallest absolute Gasteiger partial charge is 0.292 e. The van der Waals surface area contributed by atoms with Gasteiger partial charge in [-0.05, 0) is 25.2 Å². The van der Waals surface area contributed by atoms with Gasteiger partial charge in [0.25, 0.3) is 0 Å². The van der Waals surface area contributed by atoms with Crippen molar-refractivity contribution in [3.05, 3.63) is 70.2 Å². The van der Waals surface area contributed by atoms with Gasteiger partial charge in [0.15, 0.2) is 12.0 Å². The summed E-state index contributed by atoms with van der Waals surface area (Å²) in [5, 5.41) is 15.0. The van der Waals surface area contributed by atoms with Crippen LogP contribution in [0.2, 0.25) is 0 Å². The van der Waals surface area contributed by atoms with E-state index < -0.39 is 17.9 Å². The average molecular weight is 362 g/mol. The first-order chi connectivity index (χ1) is 12.4. The van der Waals surface area contributed by atoms with Gasteiger partial charge in [-0.15, -0.1) is 0 Å². The molecule has 0 amide bonds. The predicted octanol–water partition coefficient (Wildman–Crippen LogP) is 1.76. The van der Waals surface area contributed by atoms with E-state index >= 15 is 0 Å². The van der Waals surface area contributed by atoms with Gasteiger partial charge in [0, 0.05) is 17.8 Å². The molecule has 136 valence electrons. The van der Waals surface area contributed by atoms with E-state index in [9.17, 15) is 18.4 Å². The first-order valence-electron chi connectivity index (χ1n) is 7.84. The number of halogens is 3. The number of aliphatic imine (C=N–C) groups is 1. The minimum absolute atomic E-state index is 0.174. The molecule has 2 aromatic carbocycles. The molecule has 0 aliphatic carbocycles. The molecule has 2 aromatic rings. The normalized spacial score (nSPS) is 19.2. The van der Waals surface area contributed by atoms with Crippen molar-refractivity contribution in [3.63, 3.8) is 0 Å². The first-order valence-corrected chi connectivity index (χ1v) is 7.84. The zero-order chi connectivity index (χ0) is 18.9. The number of rotatable bonds is 2. The lowest BCUT2D eigenvalue weighted by atomic mass is 10.1. The third-order valence-electron chi connectivity index (χ3n) is 4.08. The fourth-order valence-electron chi connectivity index (χ4n) is 2.85. The van der Waals surface area contributed by atoms with E-state index in [4.69, 9.17) is 0 Å². The molecule has 5 nitrogen and oxygen atoms in total. The molecule has 1 aliphatic heterocycles. The van der Waals surface area contributed by atoms with Crippen molar-refractivity contribution in [1.29, 1.82) is 0 Å². The molecule has 26 heavy (non-hydrogen) atoms. The van der Waals surface area contributed by atoms with Crippen LogP contribution in [0.5, 0.6) is 0 Å². The molecule has 0 fully saturated rings. The highest BCUT2D eigenvalue weighted by Crippen LogP contribution is 2.28. The molecule has 2 N–H and O–H groups in total. The Morgan fingerprint density at radius 1 is 1.15 bits per heavy atom. The van der Waals surface area contributed by atoms with Crippen LogP contribution < -0.4 is 15.9 Å². The van der Waals surface area contributed by atoms with Crippen LogP contribution in [0.25, 0.3) is 5.70 Å². The molecule has 1 aliphatic rings. The van der Waals surface area contributed by atoms with E-state index in [1.54, 1.807) is 37.4 Å². The number of nitrogens with one attached hydrogen (secondary N) is 1. The summed E-state index contributed by atoms with van der Waals surface area (Å²) in [6, 6.07) is 12.0. The zero-order valence-electron chi connectivity index (χ0n) is 14.1. The van der Waals surface area contributed by atoms with Gasteiger partial charge in [-0.3, -0.25) is 15.5 Å². The van der Waals surface area contributed by atoms with E-state index in [0.29, 0.717) is 10.9 Å². The van der Waals surface area contributed by atoms with Crippen molar-refractivity contribution in [2.45, 2.75) is 12.3 Å². The molecular formula is C18H17F3N4O. The fraction of sp³-hybridized carbons (Fsp3) is 0.222. The van der Waals surface area contributed by atoms with Crippen molar-refractivity contribution < 1.29 is 18.4 Å². The van der Waals surface area contributed by atoms with Crippen LogP contribution >= 0.6 is 0 Å². The standard InChI is InChI=1S/C18H17F3N4O/c1-22-16-17(23-2)25(26)15(11-6-4-3-5-7-11)13-10-12(18(19,20)21)8-9-14(13)24-16/h3-10,17,23,26H,1-2H3. The van der Waals surface area contributed by atoms with Crippen molar-refractivity contribution in [2.75, 3.05) is 14.1 Å². The van der Waals surface area contributed by atoms with Gasteiger partial charge in [-0.2, -0.15) is 13.2 Å². The maximum atomic E-state index is 13.2. The number of fused-ring (bicyclic) bond motifs is 1. The Balaban J connectivity index is 2.45. The van der Waals surface area contributed by atoms with E-state index in [1.165, 1.54) is 13.1 Å². The third kappa shape index (κ3) is 3.21. The fourth-order valence-corrected chi connectivity index (χ4v) is 2.85. The van der Waals surface area contributed by atoms with Crippen molar-refractivity contribution >= 4 is 11.5 Å². The zero-order valence-corrected chi connectivity index (χ0v) is 14.1. The molecule has 0 saturated carbocycles. The molecule has 0 bridgehead atoms. The SMILES string of the molecule is CN=C1N=c2ccc(C(F)(F)F)cc2=C(c2ccccc2)N(O)C1NC. The maximum absolute atomic E-state index is 13.2. The van der Waals surface area contributed by atoms with Gasteiger partial charge in [0.05, 0.1) is 16.6 Å². The lowest BCUT2D eigenvalue weighted by Crippen LogP contribution is -2.47. The van der Waals surface area contributed by atoms with Gasteiger partial charge >= 0.3 is 6.18 Å². The quantitative estimate of drug-likeness (QED) is 0.856. The Hall–Kier alpha value is -2.71. The number of amidine groups is 1. The molecule has 0 radical (unpaired) electrons. The van der Waals surface area contributed by atoms with Crippen LogP contribution in [0.1, 0.15) is 11.1 Å². The number of likely N-dealkylation sites (N-methyl/N-ethyl adjacent to an activating group) is 1. The highest BCUT2D eigenvalue weighted by Gasteiger charge is 2.32. The highest BCUT2D eigenvalue weighted by molar-refractivity contribution is 5.89. The van der Waals surface area contributed by atoms with Gasteiger partial charge in [0.1, 0.15) is 0 Å². The summed E-state index contributed by atoms with van der Waals surface area (Å²) in [5.74, 6) is 0.252. The van der Waals surface area contributed by atoms with Crippen LogP contribution in [-0.2, 0) is 6.18 Å². The summed E-state index contributed by atoms with van der Waals surface area (Å²) < 4.78 is 39.7. The molecular weight excluding hydrogens is 345 g/mol. The highest BCUT2D eigenvalue weighted by atomic mass is 19.4. The van der Waals surface area contributed by atoms with Gasteiger partial charge in [-0.25, -0.2) is 10.1 Å². The third-order valence-corrected chi connectivity index (χ3v) is 4.08. The minimum Gasteiger partial charge on any atom is -0.292 e. The van der Waals surface area contributed by atoms with Crippen molar-refractivity contribution in [3.8, 4) is 0 Å². The van der Waals surface area contributed by atoms with Crippen LogP contribution in [-0.4, -0.2) is 36.4 Å². The average Bonchev–Trinajstić information content (AvgIpc) is 2.74. The van der Waals surface area contributed by atoms with E-state index in [-0.39, 0.29) is 16.8 Å². The predicted molar refractivity (Wildman–Crippen MR) is 91.0 cm³/mol. The summed E-state index contributed by atoms with van der Waals surface area (Å²) in [5.41, 5.74) is -0.0389. The summed E-state index contributed by atoms with van der Waals surface area (Å²) >= 11 is 0. The number of alkyl halides is 3. The minimum atomic E-state index is -4.51. The Morgan fingerprint density at radius 3 is 2.42 bits per heavy atom. The number of benzene rings is 2. The molecule has 1 atom stereocenters. The largest absolute Gasteiger partial charge is 0.416 e. The van der Waals surface area contributed by atoms with E-state index in [0.717, 1.165) is 17.2 Å². The van der Waals surface area contributed by atoms with E-state index in [2.05, 4.69) is 15.3 Å². The molecule has 0 spiro atoms. The molecule has 0 aromatic heterocycles. The Morgan fingerprint density at radius 2 is 1.85 bits per heavy atom. The second-order valence-corrected chi connectivity index (χ2v) is 5.67. The number of hydrogen-bond acceptors (Lipinski definition) is 4. The Kier molecular flexibility index (Phi) is 4.80. The topological polar surface area (TPSA) is 60.2 Å². The maximum Gasteiger partial charge on any atom is 0.416 e. The second-order valence-electron chi connectivity index (χ2n) is 5.67.